The zero-order valence-corrected chi connectivity index (χ0v) is 14.9. The summed E-state index contributed by atoms with van der Waals surface area (Å²) in [5.41, 5.74) is 0.756. The first-order chi connectivity index (χ1) is 11.6. The molecule has 2 aromatic heterocycles. The molecule has 1 unspecified atom stereocenters. The lowest BCUT2D eigenvalue weighted by Crippen LogP contribution is -2.40. The summed E-state index contributed by atoms with van der Waals surface area (Å²) in [6.45, 7) is 3.51. The van der Waals surface area contributed by atoms with Crippen molar-refractivity contribution in [2.24, 2.45) is 7.05 Å². The van der Waals surface area contributed by atoms with E-state index in [0.717, 1.165) is 50.5 Å². The second-order valence-electron chi connectivity index (χ2n) is 6.88. The number of carbonyl (C=O) groups is 1. The molecule has 1 fully saturated rings. The van der Waals surface area contributed by atoms with Crippen molar-refractivity contribution in [1.82, 2.24) is 23.9 Å². The lowest BCUT2D eigenvalue weighted by Gasteiger charge is -2.33. The quantitative estimate of drug-likeness (QED) is 0.840. The molecular weight excluding hydrogens is 302 g/mol. The summed E-state index contributed by atoms with van der Waals surface area (Å²) in [4.78, 5) is 21.5. The Kier molecular flexibility index (Phi) is 5.04. The number of aromatic nitrogens is 3. The van der Waals surface area contributed by atoms with Crippen molar-refractivity contribution < 1.29 is 4.79 Å². The maximum atomic E-state index is 12.8. The Labute approximate surface area is 143 Å². The van der Waals surface area contributed by atoms with Gasteiger partial charge in [-0.25, -0.2) is 4.98 Å². The summed E-state index contributed by atoms with van der Waals surface area (Å²) in [6, 6.07) is 3.81. The molecule has 2 aromatic rings. The minimum Gasteiger partial charge on any atom is -0.347 e. The maximum absolute atomic E-state index is 12.8. The van der Waals surface area contributed by atoms with Gasteiger partial charge in [0.25, 0.3) is 5.91 Å². The molecule has 6 nitrogen and oxygen atoms in total. The number of nitrogens with zero attached hydrogens (tertiary/aromatic N) is 5. The summed E-state index contributed by atoms with van der Waals surface area (Å²) in [6.07, 6.45) is 7.97. The minimum absolute atomic E-state index is 0.124. The number of likely N-dealkylation sites (tertiary alicyclic amines) is 1. The molecule has 0 aromatic carbocycles. The predicted octanol–water partition coefficient (Wildman–Crippen LogP) is 1.80. The Bertz CT molecular complexity index is 687. The number of rotatable bonds is 5. The highest BCUT2D eigenvalue weighted by Crippen LogP contribution is 2.26. The molecule has 1 atom stereocenters. The number of amides is 1. The van der Waals surface area contributed by atoms with Gasteiger partial charge in [-0.3, -0.25) is 4.79 Å². The van der Waals surface area contributed by atoms with Gasteiger partial charge in [0.2, 0.25) is 0 Å². The van der Waals surface area contributed by atoms with Gasteiger partial charge in [0.1, 0.15) is 11.5 Å². The van der Waals surface area contributed by atoms with Crippen LogP contribution in [0.25, 0.3) is 0 Å². The van der Waals surface area contributed by atoms with Gasteiger partial charge in [-0.1, -0.05) is 0 Å². The van der Waals surface area contributed by atoms with E-state index in [0.29, 0.717) is 5.92 Å². The number of likely N-dealkylation sites (N-methyl/N-ethyl adjacent to an activating group) is 1. The average molecular weight is 329 g/mol. The smallest absolute Gasteiger partial charge is 0.270 e. The van der Waals surface area contributed by atoms with E-state index in [-0.39, 0.29) is 5.91 Å². The van der Waals surface area contributed by atoms with E-state index in [1.54, 1.807) is 0 Å². The number of piperidine rings is 1. The summed E-state index contributed by atoms with van der Waals surface area (Å²) in [5, 5.41) is 0. The van der Waals surface area contributed by atoms with E-state index < -0.39 is 0 Å². The molecule has 0 radical (unpaired) electrons. The first-order valence-electron chi connectivity index (χ1n) is 8.62. The molecule has 1 aliphatic rings. The van der Waals surface area contributed by atoms with Gasteiger partial charge in [-0.05, 0) is 39.1 Å². The van der Waals surface area contributed by atoms with Crippen LogP contribution in [-0.2, 0) is 13.6 Å². The molecule has 0 saturated carbocycles. The molecule has 0 aliphatic carbocycles. The van der Waals surface area contributed by atoms with Crippen LogP contribution in [0.5, 0.6) is 0 Å². The lowest BCUT2D eigenvalue weighted by molar-refractivity contribution is 0.0693. The van der Waals surface area contributed by atoms with Gasteiger partial charge in [0, 0.05) is 57.7 Å². The topological polar surface area (TPSA) is 46.3 Å². The van der Waals surface area contributed by atoms with Crippen LogP contribution in [0.15, 0.2) is 30.7 Å². The van der Waals surface area contributed by atoms with Crippen LogP contribution in [0.1, 0.15) is 35.1 Å². The van der Waals surface area contributed by atoms with E-state index in [1.165, 1.54) is 0 Å². The van der Waals surface area contributed by atoms with Gasteiger partial charge in [-0.15, -0.1) is 0 Å². The Morgan fingerprint density at radius 1 is 1.38 bits per heavy atom. The van der Waals surface area contributed by atoms with Crippen molar-refractivity contribution in [3.05, 3.63) is 42.2 Å². The first kappa shape index (κ1) is 16.8. The SMILES string of the molecule is CN(C)CCn1ccnc1C1CCCN(C(=O)c2cccn2C)C1. The molecule has 130 valence electrons. The molecule has 3 heterocycles. The van der Waals surface area contributed by atoms with Gasteiger partial charge in [-0.2, -0.15) is 0 Å². The Morgan fingerprint density at radius 3 is 2.92 bits per heavy atom. The Balaban J connectivity index is 1.71. The Hall–Kier alpha value is -2.08. The van der Waals surface area contributed by atoms with E-state index >= 15 is 0 Å². The number of aryl methyl sites for hydroxylation is 1. The van der Waals surface area contributed by atoms with E-state index in [2.05, 4.69) is 34.7 Å². The van der Waals surface area contributed by atoms with Crippen molar-refractivity contribution in [3.8, 4) is 0 Å². The minimum atomic E-state index is 0.124. The van der Waals surface area contributed by atoms with Crippen LogP contribution < -0.4 is 0 Å². The molecule has 1 amide bonds. The van der Waals surface area contributed by atoms with Gasteiger partial charge >= 0.3 is 0 Å². The van der Waals surface area contributed by atoms with Gasteiger partial charge in [0.05, 0.1) is 0 Å². The number of carbonyl (C=O) groups excluding carboxylic acids is 1. The molecule has 0 spiro atoms. The standard InChI is InChI=1S/C18H27N5O/c1-20(2)12-13-22-11-8-19-17(22)15-6-4-10-23(14-15)18(24)16-7-5-9-21(16)3/h5,7-9,11,15H,4,6,10,12-14H2,1-3H3. The van der Waals surface area contributed by atoms with Crippen LogP contribution >= 0.6 is 0 Å². The van der Waals surface area contributed by atoms with Gasteiger partial charge in [0.15, 0.2) is 0 Å². The van der Waals surface area contributed by atoms with E-state index in [4.69, 9.17) is 0 Å². The predicted molar refractivity (Wildman–Crippen MR) is 94.1 cm³/mol. The second kappa shape index (κ2) is 7.21. The van der Waals surface area contributed by atoms with Crippen molar-refractivity contribution in [3.63, 3.8) is 0 Å². The third-order valence-corrected chi connectivity index (χ3v) is 4.77. The van der Waals surface area contributed by atoms with Crippen LogP contribution in [0.3, 0.4) is 0 Å². The van der Waals surface area contributed by atoms with Crippen molar-refractivity contribution in [2.75, 3.05) is 33.7 Å². The largest absolute Gasteiger partial charge is 0.347 e. The number of hydrogen-bond donors (Lipinski definition) is 0. The number of hydrogen-bond acceptors (Lipinski definition) is 3. The molecule has 3 rings (SSSR count). The van der Waals surface area contributed by atoms with Crippen LogP contribution in [-0.4, -0.2) is 63.6 Å². The lowest BCUT2D eigenvalue weighted by atomic mass is 9.96. The highest BCUT2D eigenvalue weighted by molar-refractivity contribution is 5.92. The normalized spacial score (nSPS) is 18.3. The zero-order chi connectivity index (χ0) is 17.1. The van der Waals surface area contributed by atoms with E-state index in [1.807, 2.05) is 41.0 Å². The highest BCUT2D eigenvalue weighted by atomic mass is 16.2. The van der Waals surface area contributed by atoms with Crippen molar-refractivity contribution >= 4 is 5.91 Å². The monoisotopic (exact) mass is 329 g/mol. The molecule has 0 N–H and O–H groups in total. The Morgan fingerprint density at radius 2 is 2.21 bits per heavy atom. The zero-order valence-electron chi connectivity index (χ0n) is 14.9. The fourth-order valence-corrected chi connectivity index (χ4v) is 3.40. The third-order valence-electron chi connectivity index (χ3n) is 4.77. The molecule has 24 heavy (non-hydrogen) atoms. The molecule has 1 saturated heterocycles. The first-order valence-corrected chi connectivity index (χ1v) is 8.62. The third kappa shape index (κ3) is 3.53. The fraction of sp³-hybridized carbons (Fsp3) is 0.556. The van der Waals surface area contributed by atoms with Crippen LogP contribution in [0, 0.1) is 0 Å². The van der Waals surface area contributed by atoms with Crippen molar-refractivity contribution in [1.29, 1.82) is 0 Å². The summed E-state index contributed by atoms with van der Waals surface area (Å²) in [5.74, 6) is 1.56. The molecule has 0 bridgehead atoms. The highest BCUT2D eigenvalue weighted by Gasteiger charge is 2.28. The molecule has 1 aliphatic heterocycles. The number of imidazole rings is 1. The molecular formula is C18H27N5O. The fourth-order valence-electron chi connectivity index (χ4n) is 3.40. The van der Waals surface area contributed by atoms with Crippen LogP contribution in [0.2, 0.25) is 0 Å². The van der Waals surface area contributed by atoms with Gasteiger partial charge < -0.3 is 18.9 Å². The molecule has 6 heteroatoms. The van der Waals surface area contributed by atoms with E-state index in [9.17, 15) is 4.79 Å². The summed E-state index contributed by atoms with van der Waals surface area (Å²) >= 11 is 0. The second-order valence-corrected chi connectivity index (χ2v) is 6.88. The maximum Gasteiger partial charge on any atom is 0.270 e. The average Bonchev–Trinajstić information content (AvgIpc) is 3.21. The van der Waals surface area contributed by atoms with Crippen LogP contribution in [0.4, 0.5) is 0 Å². The summed E-state index contributed by atoms with van der Waals surface area (Å²) in [7, 11) is 6.08. The summed E-state index contributed by atoms with van der Waals surface area (Å²) < 4.78 is 4.13. The van der Waals surface area contributed by atoms with Crippen molar-refractivity contribution in [2.45, 2.75) is 25.3 Å².